The monoisotopic (exact) mass is 244 g/mol. The fourth-order valence-electron chi connectivity index (χ4n) is 1.49. The summed E-state index contributed by atoms with van der Waals surface area (Å²) in [5, 5.41) is 6.88. The van der Waals surface area contributed by atoms with Crippen LogP contribution in [0.4, 0.5) is 19.0 Å². The molecule has 92 valence electrons. The van der Waals surface area contributed by atoms with Crippen molar-refractivity contribution in [3.63, 3.8) is 0 Å². The van der Waals surface area contributed by atoms with Gasteiger partial charge in [-0.25, -0.2) is 9.50 Å². The summed E-state index contributed by atoms with van der Waals surface area (Å²) in [6, 6.07) is 1.75. The first-order valence-electron chi connectivity index (χ1n) is 5.15. The number of halogens is 3. The minimum Gasteiger partial charge on any atom is -0.368 e. The average Bonchev–Trinajstić information content (AvgIpc) is 2.71. The number of nitrogens with one attached hydrogen (secondary N) is 1. The first-order valence-corrected chi connectivity index (χ1v) is 5.15. The van der Waals surface area contributed by atoms with Gasteiger partial charge in [-0.1, -0.05) is 0 Å². The van der Waals surface area contributed by atoms with Gasteiger partial charge in [-0.05, 0) is 12.5 Å². The molecule has 0 aliphatic carbocycles. The van der Waals surface area contributed by atoms with Crippen LogP contribution in [0, 0.1) is 0 Å². The van der Waals surface area contributed by atoms with Crippen molar-refractivity contribution >= 4 is 11.3 Å². The van der Waals surface area contributed by atoms with Gasteiger partial charge in [-0.3, -0.25) is 0 Å². The second-order valence-corrected chi connectivity index (χ2v) is 3.58. The normalized spacial score (nSPS) is 11.9. The van der Waals surface area contributed by atoms with Crippen molar-refractivity contribution in [2.45, 2.75) is 19.0 Å². The van der Waals surface area contributed by atoms with Crippen molar-refractivity contribution in [1.29, 1.82) is 0 Å². The van der Waals surface area contributed by atoms with Gasteiger partial charge in [-0.2, -0.15) is 18.3 Å². The van der Waals surface area contributed by atoms with Crippen molar-refractivity contribution in [1.82, 2.24) is 14.6 Å². The van der Waals surface area contributed by atoms with Crippen LogP contribution in [0.25, 0.3) is 5.52 Å². The van der Waals surface area contributed by atoms with Gasteiger partial charge in [0.25, 0.3) is 0 Å². The van der Waals surface area contributed by atoms with Crippen molar-refractivity contribution in [3.8, 4) is 0 Å². The second-order valence-electron chi connectivity index (χ2n) is 3.58. The van der Waals surface area contributed by atoms with E-state index < -0.39 is 12.6 Å². The van der Waals surface area contributed by atoms with E-state index in [9.17, 15) is 13.2 Å². The SMILES string of the molecule is FC(F)(F)CCCNc1nccn2nccc12. The summed E-state index contributed by atoms with van der Waals surface area (Å²) in [7, 11) is 0. The predicted molar refractivity (Wildman–Crippen MR) is 56.8 cm³/mol. The molecule has 0 radical (unpaired) electrons. The molecule has 4 nitrogen and oxygen atoms in total. The lowest BCUT2D eigenvalue weighted by atomic mass is 10.3. The zero-order chi connectivity index (χ0) is 12.3. The third-order valence-corrected chi connectivity index (χ3v) is 2.25. The number of hydrogen-bond acceptors (Lipinski definition) is 3. The molecule has 0 spiro atoms. The van der Waals surface area contributed by atoms with Gasteiger partial charge >= 0.3 is 6.18 Å². The highest BCUT2D eigenvalue weighted by molar-refractivity contribution is 5.66. The van der Waals surface area contributed by atoms with E-state index in [1.54, 1.807) is 29.2 Å². The van der Waals surface area contributed by atoms with E-state index >= 15 is 0 Å². The first kappa shape index (κ1) is 11.7. The summed E-state index contributed by atoms with van der Waals surface area (Å²) in [6.45, 7) is 0.233. The topological polar surface area (TPSA) is 42.2 Å². The van der Waals surface area contributed by atoms with Crippen LogP contribution in [0.2, 0.25) is 0 Å². The number of fused-ring (bicyclic) bond motifs is 1. The van der Waals surface area contributed by atoms with Crippen LogP contribution in [-0.4, -0.2) is 27.3 Å². The zero-order valence-electron chi connectivity index (χ0n) is 8.91. The summed E-state index contributed by atoms with van der Waals surface area (Å²) in [5.41, 5.74) is 0.750. The minimum atomic E-state index is -4.10. The fourth-order valence-corrected chi connectivity index (χ4v) is 1.49. The molecule has 2 aromatic heterocycles. The smallest absolute Gasteiger partial charge is 0.368 e. The second kappa shape index (κ2) is 4.60. The van der Waals surface area contributed by atoms with Crippen LogP contribution in [-0.2, 0) is 0 Å². The lowest BCUT2D eigenvalue weighted by molar-refractivity contribution is -0.134. The summed E-state index contributed by atoms with van der Waals surface area (Å²) in [5.74, 6) is 0.548. The van der Waals surface area contributed by atoms with Crippen LogP contribution in [0.3, 0.4) is 0 Å². The molecule has 0 atom stereocenters. The Balaban J connectivity index is 1.93. The molecule has 1 N–H and O–H groups in total. The summed E-state index contributed by atoms with van der Waals surface area (Å²) in [4.78, 5) is 4.06. The van der Waals surface area contributed by atoms with Gasteiger partial charge < -0.3 is 5.32 Å². The molecule has 0 saturated heterocycles. The summed E-state index contributed by atoms with van der Waals surface area (Å²) in [6.07, 6.45) is -0.0271. The van der Waals surface area contributed by atoms with Gasteiger partial charge in [0.2, 0.25) is 0 Å². The molecule has 17 heavy (non-hydrogen) atoms. The van der Waals surface area contributed by atoms with E-state index in [2.05, 4.69) is 15.4 Å². The molecular formula is C10H11F3N4. The maximum Gasteiger partial charge on any atom is 0.389 e. The first-order chi connectivity index (χ1) is 8.06. The maximum atomic E-state index is 11.9. The van der Waals surface area contributed by atoms with Crippen LogP contribution in [0.5, 0.6) is 0 Å². The van der Waals surface area contributed by atoms with Crippen molar-refractivity contribution in [3.05, 3.63) is 24.7 Å². The third kappa shape index (κ3) is 3.08. The lowest BCUT2D eigenvalue weighted by Gasteiger charge is -2.08. The van der Waals surface area contributed by atoms with E-state index in [1.165, 1.54) is 0 Å². The molecule has 0 aliphatic heterocycles. The fraction of sp³-hybridized carbons (Fsp3) is 0.400. The van der Waals surface area contributed by atoms with E-state index in [4.69, 9.17) is 0 Å². The molecule has 0 aromatic carbocycles. The highest BCUT2D eigenvalue weighted by Crippen LogP contribution is 2.21. The molecule has 0 saturated carbocycles. The summed E-state index contributed by atoms with van der Waals surface area (Å²) < 4.78 is 37.4. The molecule has 0 aliphatic rings. The Hall–Kier alpha value is -1.79. The molecular weight excluding hydrogens is 233 g/mol. The van der Waals surface area contributed by atoms with Gasteiger partial charge in [0.15, 0.2) is 5.82 Å². The van der Waals surface area contributed by atoms with Crippen LogP contribution in [0.15, 0.2) is 24.7 Å². The number of anilines is 1. The van der Waals surface area contributed by atoms with E-state index in [1.807, 2.05) is 0 Å². The zero-order valence-corrected chi connectivity index (χ0v) is 8.91. The van der Waals surface area contributed by atoms with Gasteiger partial charge in [-0.15, -0.1) is 0 Å². The molecule has 0 fully saturated rings. The van der Waals surface area contributed by atoms with Gasteiger partial charge in [0.1, 0.15) is 5.52 Å². The van der Waals surface area contributed by atoms with Gasteiger partial charge in [0.05, 0.1) is 6.20 Å². The highest BCUT2D eigenvalue weighted by atomic mass is 19.4. The van der Waals surface area contributed by atoms with Crippen molar-refractivity contribution in [2.24, 2.45) is 0 Å². The van der Waals surface area contributed by atoms with E-state index in [0.717, 1.165) is 5.52 Å². The molecule has 2 heterocycles. The molecule has 0 unspecified atom stereocenters. The molecule has 2 aromatic rings. The van der Waals surface area contributed by atoms with Crippen LogP contribution >= 0.6 is 0 Å². The standard InChI is InChI=1S/C10H11F3N4/c11-10(12,13)3-1-4-14-9-8-2-5-16-17(8)7-6-15-9/h2,5-7H,1,3-4H2,(H,14,15). The number of hydrogen-bond donors (Lipinski definition) is 1. The number of nitrogens with zero attached hydrogens (tertiary/aromatic N) is 3. The largest absolute Gasteiger partial charge is 0.389 e. The number of alkyl halides is 3. The molecule has 7 heteroatoms. The molecule has 2 rings (SSSR count). The Morgan fingerprint density at radius 2 is 2.12 bits per heavy atom. The van der Waals surface area contributed by atoms with Crippen molar-refractivity contribution < 1.29 is 13.2 Å². The molecule has 0 amide bonds. The summed E-state index contributed by atoms with van der Waals surface area (Å²) >= 11 is 0. The van der Waals surface area contributed by atoms with Crippen molar-refractivity contribution in [2.75, 3.05) is 11.9 Å². The number of rotatable bonds is 4. The minimum absolute atomic E-state index is 0.0281. The number of aromatic nitrogens is 3. The lowest BCUT2D eigenvalue weighted by Crippen LogP contribution is -2.11. The third-order valence-electron chi connectivity index (χ3n) is 2.25. The average molecular weight is 244 g/mol. The van der Waals surface area contributed by atoms with Crippen LogP contribution < -0.4 is 5.32 Å². The predicted octanol–water partition coefficient (Wildman–Crippen LogP) is 2.48. The highest BCUT2D eigenvalue weighted by Gasteiger charge is 2.25. The quantitative estimate of drug-likeness (QED) is 0.840. The Morgan fingerprint density at radius 3 is 2.88 bits per heavy atom. The van der Waals surface area contributed by atoms with E-state index in [0.29, 0.717) is 5.82 Å². The Bertz CT molecular complexity index is 492. The Kier molecular flexibility index (Phi) is 3.16. The van der Waals surface area contributed by atoms with Crippen LogP contribution in [0.1, 0.15) is 12.8 Å². The Morgan fingerprint density at radius 1 is 1.29 bits per heavy atom. The molecule has 0 bridgehead atoms. The Labute approximate surface area is 95.5 Å². The van der Waals surface area contributed by atoms with Gasteiger partial charge in [0, 0.05) is 25.4 Å². The van der Waals surface area contributed by atoms with E-state index in [-0.39, 0.29) is 13.0 Å². The maximum absolute atomic E-state index is 11.9.